The summed E-state index contributed by atoms with van der Waals surface area (Å²) in [6.45, 7) is 7.40. The van der Waals surface area contributed by atoms with E-state index in [1.165, 1.54) is 0 Å². The lowest BCUT2D eigenvalue weighted by atomic mass is 9.44. The Hall–Kier alpha value is -1.05. The highest BCUT2D eigenvalue weighted by Crippen LogP contribution is 2.70. The standard InChI is InChI=1S/C45H72O19/c1-18-7-10-45(57-17-18)19(2)30-25(64-45)12-24-22-6-5-20-11-21(8-9-43(20,3)23(22)13-29(49)44(24,30)4)58-40-37(56)35(54)38(28(16-48)61-40)62-42-39(34(53)32(51)27(15-47)60-42)63-41-36(55)33(52)31(50)26(14-46)59-41/h18-28,30-42,46-48,50-56H,5-17H2,1-4H3/t18-,19+,20?,21?,22-,23+,24+,25+,26-,27-,28-,30+,31-,32-,33+,34+,35-,36-,37-,38+,39-,40+,41-,42-,43+,44-,45-/m1/s1. The lowest BCUT2D eigenvalue weighted by Gasteiger charge is -2.60. The first-order valence-corrected chi connectivity index (χ1v) is 23.8. The molecule has 1 spiro atoms. The topological polar surface area (TPSA) is 293 Å². The quantitative estimate of drug-likeness (QED) is 0.117. The maximum atomic E-state index is 14.6. The van der Waals surface area contributed by atoms with Crippen LogP contribution in [0.5, 0.6) is 0 Å². The Balaban J connectivity index is 0.844. The average Bonchev–Trinajstić information content (AvgIpc) is 3.73. The van der Waals surface area contributed by atoms with Gasteiger partial charge in [-0.25, -0.2) is 0 Å². The largest absolute Gasteiger partial charge is 0.394 e. The van der Waals surface area contributed by atoms with Crippen molar-refractivity contribution in [2.75, 3.05) is 26.4 Å². The molecule has 64 heavy (non-hydrogen) atoms. The van der Waals surface area contributed by atoms with E-state index in [9.17, 15) is 55.9 Å². The van der Waals surface area contributed by atoms with Crippen LogP contribution in [-0.4, -0.2) is 193 Å². The third-order valence-corrected chi connectivity index (χ3v) is 18.2. The van der Waals surface area contributed by atoms with Crippen molar-refractivity contribution >= 4 is 5.78 Å². The van der Waals surface area contributed by atoms with Crippen molar-refractivity contribution in [2.45, 2.75) is 196 Å². The number of hydrogen-bond donors (Lipinski definition) is 10. The van der Waals surface area contributed by atoms with Gasteiger partial charge in [-0.2, -0.15) is 0 Å². The Labute approximate surface area is 373 Å². The molecule has 27 atom stereocenters. The van der Waals surface area contributed by atoms with Gasteiger partial charge in [-0.3, -0.25) is 4.79 Å². The Morgan fingerprint density at radius 3 is 1.92 bits per heavy atom. The van der Waals surface area contributed by atoms with Crippen molar-refractivity contribution in [1.82, 2.24) is 0 Å². The Morgan fingerprint density at radius 2 is 1.25 bits per heavy atom. The number of fused-ring (bicyclic) bond motifs is 7. The van der Waals surface area contributed by atoms with Gasteiger partial charge in [0.25, 0.3) is 0 Å². The lowest BCUT2D eigenvalue weighted by molar-refractivity contribution is -0.390. The first-order valence-electron chi connectivity index (χ1n) is 23.8. The zero-order valence-corrected chi connectivity index (χ0v) is 37.2. The Kier molecular flexibility index (Phi) is 13.5. The number of carbonyl (C=O) groups excluding carboxylic acids is 1. The molecule has 9 fully saturated rings. The smallest absolute Gasteiger partial charge is 0.187 e. The van der Waals surface area contributed by atoms with Crippen LogP contribution in [0.15, 0.2) is 0 Å². The Morgan fingerprint density at radius 1 is 0.641 bits per heavy atom. The molecule has 9 rings (SSSR count). The summed E-state index contributed by atoms with van der Waals surface area (Å²) in [5.41, 5.74) is -0.557. The molecule has 5 aliphatic heterocycles. The van der Waals surface area contributed by atoms with Gasteiger partial charge in [0.1, 0.15) is 79.0 Å². The van der Waals surface area contributed by atoms with Gasteiger partial charge in [0.15, 0.2) is 24.7 Å². The number of carbonyl (C=O) groups is 1. The van der Waals surface area contributed by atoms with Crippen LogP contribution in [0.1, 0.15) is 85.5 Å². The van der Waals surface area contributed by atoms with Crippen LogP contribution in [0.4, 0.5) is 0 Å². The molecule has 2 unspecified atom stereocenters. The maximum Gasteiger partial charge on any atom is 0.187 e. The zero-order chi connectivity index (χ0) is 45.8. The van der Waals surface area contributed by atoms with Gasteiger partial charge in [0.05, 0.1) is 38.6 Å². The van der Waals surface area contributed by atoms with Crippen molar-refractivity contribution in [2.24, 2.45) is 52.3 Å². The summed E-state index contributed by atoms with van der Waals surface area (Å²) in [4.78, 5) is 14.6. The van der Waals surface area contributed by atoms with Gasteiger partial charge in [-0.05, 0) is 80.0 Å². The maximum absolute atomic E-state index is 14.6. The van der Waals surface area contributed by atoms with Crippen LogP contribution in [0.25, 0.3) is 0 Å². The minimum Gasteiger partial charge on any atom is -0.394 e. The van der Waals surface area contributed by atoms with E-state index in [2.05, 4.69) is 27.7 Å². The van der Waals surface area contributed by atoms with E-state index < -0.39 is 123 Å². The fourth-order valence-corrected chi connectivity index (χ4v) is 14.4. The summed E-state index contributed by atoms with van der Waals surface area (Å²) in [5, 5.41) is 106. The molecule has 0 bridgehead atoms. The monoisotopic (exact) mass is 916 g/mol. The van der Waals surface area contributed by atoms with E-state index in [0.29, 0.717) is 43.5 Å². The molecule has 4 aliphatic carbocycles. The van der Waals surface area contributed by atoms with Crippen LogP contribution in [0.2, 0.25) is 0 Å². The number of hydrogen-bond acceptors (Lipinski definition) is 19. The van der Waals surface area contributed by atoms with Crippen molar-refractivity contribution < 1.29 is 93.8 Å². The molecule has 19 nitrogen and oxygen atoms in total. The lowest BCUT2D eigenvalue weighted by Crippen LogP contribution is -2.67. The highest BCUT2D eigenvalue weighted by atomic mass is 16.8. The summed E-state index contributed by atoms with van der Waals surface area (Å²) < 4.78 is 48.7. The predicted molar refractivity (Wildman–Crippen MR) is 216 cm³/mol. The number of ketones is 1. The van der Waals surface area contributed by atoms with Crippen molar-refractivity contribution in [3.8, 4) is 0 Å². The zero-order valence-electron chi connectivity index (χ0n) is 37.2. The second kappa shape index (κ2) is 18.0. The molecule has 0 amide bonds. The number of ether oxygens (including phenoxy) is 8. The molecule has 5 saturated heterocycles. The molecule has 19 heteroatoms. The molecular formula is C45H72O19. The van der Waals surface area contributed by atoms with E-state index in [0.717, 1.165) is 38.5 Å². The summed E-state index contributed by atoms with van der Waals surface area (Å²) in [6.07, 6.45) is -17.9. The molecule has 0 aromatic carbocycles. The van der Waals surface area contributed by atoms with Crippen molar-refractivity contribution in [3.05, 3.63) is 0 Å². The van der Waals surface area contributed by atoms with E-state index in [4.69, 9.17) is 37.9 Å². The van der Waals surface area contributed by atoms with Gasteiger partial charge in [-0.1, -0.05) is 27.7 Å². The van der Waals surface area contributed by atoms with Gasteiger partial charge in [0, 0.05) is 30.1 Å². The number of aliphatic hydroxyl groups excluding tert-OH is 10. The molecule has 366 valence electrons. The van der Waals surface area contributed by atoms with Crippen molar-refractivity contribution in [1.29, 1.82) is 0 Å². The minimum absolute atomic E-state index is 0.0132. The van der Waals surface area contributed by atoms with Crippen LogP contribution < -0.4 is 0 Å². The minimum atomic E-state index is -1.90. The summed E-state index contributed by atoms with van der Waals surface area (Å²) >= 11 is 0. The van der Waals surface area contributed by atoms with Gasteiger partial charge in [0.2, 0.25) is 0 Å². The van der Waals surface area contributed by atoms with Crippen LogP contribution in [0.3, 0.4) is 0 Å². The van der Waals surface area contributed by atoms with Crippen LogP contribution >= 0.6 is 0 Å². The summed E-state index contributed by atoms with van der Waals surface area (Å²) in [6, 6.07) is 0. The molecule has 5 heterocycles. The van der Waals surface area contributed by atoms with Gasteiger partial charge in [-0.15, -0.1) is 0 Å². The SMILES string of the molecule is C[C@@H]1CC[C@@]2(OC1)O[C@H]1C[C@H]3[C@@H]4CCC5CC(O[C@H]6O[C@H](CO)[C@H](O[C@H]7O[C@H](CO)[C@@H](O)[C@H](O)[C@H]7O[C@H]7O[C@H](CO)[C@@H](O)[C@H](O)[C@H]7O)[C@H](O)[C@H]6O)CC[C@]5(C)[C@H]4CC(=O)[C@]3(C)[C@H]1[C@@H]2C. The number of aliphatic hydroxyl groups is 10. The Bertz CT molecular complexity index is 1650. The second-order valence-electron chi connectivity index (χ2n) is 21.4. The molecular weight excluding hydrogens is 844 g/mol. The molecule has 10 N–H and O–H groups in total. The van der Waals surface area contributed by atoms with E-state index in [1.807, 2.05) is 0 Å². The first-order chi connectivity index (χ1) is 30.4. The second-order valence-corrected chi connectivity index (χ2v) is 21.4. The van der Waals surface area contributed by atoms with Crippen LogP contribution in [0, 0.1) is 52.3 Å². The third kappa shape index (κ3) is 7.67. The molecule has 9 aliphatic rings. The van der Waals surface area contributed by atoms with Crippen LogP contribution in [-0.2, 0) is 42.7 Å². The summed E-state index contributed by atoms with van der Waals surface area (Å²) in [7, 11) is 0. The molecule has 4 saturated carbocycles. The molecule has 0 radical (unpaired) electrons. The predicted octanol–water partition coefficient (Wildman–Crippen LogP) is -1.55. The van der Waals surface area contributed by atoms with E-state index in [-0.39, 0.29) is 47.2 Å². The highest BCUT2D eigenvalue weighted by Gasteiger charge is 2.72. The molecule has 0 aromatic heterocycles. The fourth-order valence-electron chi connectivity index (χ4n) is 14.4. The molecule has 0 aromatic rings. The number of rotatable bonds is 9. The van der Waals surface area contributed by atoms with Gasteiger partial charge >= 0.3 is 0 Å². The van der Waals surface area contributed by atoms with Gasteiger partial charge < -0.3 is 89.0 Å². The third-order valence-electron chi connectivity index (χ3n) is 18.2. The summed E-state index contributed by atoms with van der Waals surface area (Å²) in [5.74, 6) is 1.65. The average molecular weight is 917 g/mol. The highest BCUT2D eigenvalue weighted by molar-refractivity contribution is 5.87. The fraction of sp³-hybridized carbons (Fsp3) is 0.978. The normalized spacial score (nSPS) is 57.5. The number of Topliss-reactive ketones (excluding diaryl/α,β-unsaturated/α-hetero) is 1. The first kappa shape index (κ1) is 48.0. The van der Waals surface area contributed by atoms with Crippen molar-refractivity contribution in [3.63, 3.8) is 0 Å². The van der Waals surface area contributed by atoms with E-state index in [1.54, 1.807) is 0 Å². The van der Waals surface area contributed by atoms with E-state index >= 15 is 0 Å².